The zero-order chi connectivity index (χ0) is 13.1. The van der Waals surface area contributed by atoms with Crippen LogP contribution in [0, 0.1) is 10.1 Å². The molecule has 0 saturated carbocycles. The van der Waals surface area contributed by atoms with Crippen LogP contribution in [0.15, 0.2) is 36.1 Å². The van der Waals surface area contributed by atoms with Crippen molar-refractivity contribution in [2.24, 2.45) is 0 Å². The highest BCUT2D eigenvalue weighted by molar-refractivity contribution is 5.78. The molecule has 0 aliphatic rings. The molecule has 4 nitrogen and oxygen atoms in total. The summed E-state index contributed by atoms with van der Waals surface area (Å²) in [7, 11) is 0. The van der Waals surface area contributed by atoms with E-state index in [1.807, 2.05) is 13.8 Å². The van der Waals surface area contributed by atoms with Crippen LogP contribution in [-0.4, -0.2) is 10.7 Å². The van der Waals surface area contributed by atoms with Crippen LogP contribution >= 0.6 is 0 Å². The summed E-state index contributed by atoms with van der Waals surface area (Å²) in [5, 5.41) is 10.4. The number of hydrogen-bond donors (Lipinski definition) is 0. The summed E-state index contributed by atoms with van der Waals surface area (Å²) in [6.45, 7) is 10.5. The minimum atomic E-state index is -0.496. The molecule has 0 unspecified atom stereocenters. The molecule has 0 N–H and O–H groups in total. The molecule has 0 aromatic carbocycles. The van der Waals surface area contributed by atoms with Crippen LogP contribution in [0.4, 0.5) is 0 Å². The number of allylic oxidation sites excluding steroid dienone is 4. The Kier molecular flexibility index (Phi) is 10.3. The molecule has 0 amide bonds. The number of carbonyl (C=O) groups is 1. The zero-order valence-corrected chi connectivity index (χ0v) is 10.3. The van der Waals surface area contributed by atoms with Crippen LogP contribution in [0.5, 0.6) is 0 Å². The molecular weight excluding hydrogens is 206 g/mol. The molecule has 0 radical (unpaired) electrons. The average molecular weight is 225 g/mol. The largest absolute Gasteiger partial charge is 0.300 e. The van der Waals surface area contributed by atoms with Crippen LogP contribution in [0.25, 0.3) is 0 Å². The molecule has 0 bridgehead atoms. The first-order valence-electron chi connectivity index (χ1n) is 5.14. The highest BCUT2D eigenvalue weighted by Gasteiger charge is 2.06. The minimum Gasteiger partial charge on any atom is -0.300 e. The van der Waals surface area contributed by atoms with Crippen molar-refractivity contribution in [1.29, 1.82) is 0 Å². The first-order valence-corrected chi connectivity index (χ1v) is 5.14. The van der Waals surface area contributed by atoms with E-state index in [-0.39, 0.29) is 17.9 Å². The van der Waals surface area contributed by atoms with Gasteiger partial charge < -0.3 is 0 Å². The lowest BCUT2D eigenvalue weighted by Crippen LogP contribution is -1.98. The van der Waals surface area contributed by atoms with Crippen molar-refractivity contribution in [3.63, 3.8) is 0 Å². The van der Waals surface area contributed by atoms with Crippen molar-refractivity contribution in [3.05, 3.63) is 46.2 Å². The van der Waals surface area contributed by atoms with Crippen LogP contribution in [0.2, 0.25) is 0 Å². The Balaban J connectivity index is 0. The maximum atomic E-state index is 10.8. The second-order valence-corrected chi connectivity index (χ2v) is 2.77. The van der Waals surface area contributed by atoms with Gasteiger partial charge in [0.15, 0.2) is 0 Å². The molecule has 16 heavy (non-hydrogen) atoms. The maximum Gasteiger partial charge on any atom is 0.265 e. The highest BCUT2D eigenvalue weighted by atomic mass is 16.6. The summed E-state index contributed by atoms with van der Waals surface area (Å²) in [6, 6.07) is 0. The van der Waals surface area contributed by atoms with Crippen molar-refractivity contribution >= 4 is 5.78 Å². The normalized spacial score (nSPS) is 11.2. The van der Waals surface area contributed by atoms with Gasteiger partial charge >= 0.3 is 0 Å². The number of hydrogen-bond acceptors (Lipinski definition) is 3. The van der Waals surface area contributed by atoms with Gasteiger partial charge in [-0.15, -0.1) is 0 Å². The molecule has 4 heteroatoms. The van der Waals surface area contributed by atoms with Gasteiger partial charge in [0, 0.05) is 12.5 Å². The van der Waals surface area contributed by atoms with Crippen LogP contribution in [0.1, 0.15) is 34.1 Å². The smallest absolute Gasteiger partial charge is 0.265 e. The molecule has 0 aliphatic heterocycles. The quantitative estimate of drug-likeness (QED) is 0.410. The monoisotopic (exact) mass is 225 g/mol. The van der Waals surface area contributed by atoms with Crippen molar-refractivity contribution in [1.82, 2.24) is 0 Å². The summed E-state index contributed by atoms with van der Waals surface area (Å²) in [4.78, 5) is 20.7. The van der Waals surface area contributed by atoms with Gasteiger partial charge in [-0.05, 0) is 25.5 Å². The standard InChI is InChI=1S/C10H13NO3.C2H6/c1-4-9(6-8(3)12)7-10(5-2)11(13)14;1-2/h4-5,7H,1,6H2,2-3H3;1-2H3/b9-7+,10-5+;. The number of ketones is 1. The average Bonchev–Trinajstić information content (AvgIpc) is 2.25. The molecule has 0 atom stereocenters. The van der Waals surface area contributed by atoms with Crippen molar-refractivity contribution in [2.75, 3.05) is 0 Å². The van der Waals surface area contributed by atoms with Crippen molar-refractivity contribution < 1.29 is 9.72 Å². The molecule has 90 valence electrons. The molecule has 0 aromatic rings. The number of carbonyl (C=O) groups excluding carboxylic acids is 1. The Morgan fingerprint density at radius 1 is 1.44 bits per heavy atom. The Morgan fingerprint density at radius 3 is 2.19 bits per heavy atom. The van der Waals surface area contributed by atoms with Gasteiger partial charge in [0.05, 0.1) is 4.92 Å². The molecule has 0 aliphatic carbocycles. The summed E-state index contributed by atoms with van der Waals surface area (Å²) in [5.74, 6) is -0.0463. The third-order valence-electron chi connectivity index (χ3n) is 1.56. The Bertz CT molecular complexity index is 314. The topological polar surface area (TPSA) is 60.2 Å². The highest BCUT2D eigenvalue weighted by Crippen LogP contribution is 2.08. The zero-order valence-electron chi connectivity index (χ0n) is 10.3. The Morgan fingerprint density at radius 2 is 1.94 bits per heavy atom. The number of nitrogens with zero attached hydrogens (tertiary/aromatic N) is 1. The van der Waals surface area contributed by atoms with Gasteiger partial charge in [0.25, 0.3) is 5.70 Å². The fraction of sp³-hybridized carbons (Fsp3) is 0.417. The van der Waals surface area contributed by atoms with Crippen LogP contribution in [0.3, 0.4) is 0 Å². The van der Waals surface area contributed by atoms with E-state index in [9.17, 15) is 14.9 Å². The SMILES string of the molecule is C=C/C(=C\C(=C/C)[N+](=O)[O-])CC(C)=O.CC. The minimum absolute atomic E-state index is 0.0267. The summed E-state index contributed by atoms with van der Waals surface area (Å²) in [5.41, 5.74) is 0.531. The first-order chi connectivity index (χ1) is 7.51. The second kappa shape index (κ2) is 9.83. The van der Waals surface area contributed by atoms with E-state index >= 15 is 0 Å². The van der Waals surface area contributed by atoms with Crippen molar-refractivity contribution in [2.45, 2.75) is 34.1 Å². The molecular formula is C12H19NO3. The summed E-state index contributed by atoms with van der Waals surface area (Å²) >= 11 is 0. The van der Waals surface area contributed by atoms with E-state index in [1.54, 1.807) is 6.92 Å². The predicted molar refractivity (Wildman–Crippen MR) is 65.7 cm³/mol. The van der Waals surface area contributed by atoms with Gasteiger partial charge in [0.2, 0.25) is 0 Å². The number of rotatable bonds is 5. The van der Waals surface area contributed by atoms with E-state index in [0.29, 0.717) is 5.57 Å². The van der Waals surface area contributed by atoms with Gasteiger partial charge in [-0.25, -0.2) is 0 Å². The third kappa shape index (κ3) is 7.67. The third-order valence-corrected chi connectivity index (χ3v) is 1.56. The lowest BCUT2D eigenvalue weighted by atomic mass is 10.1. The Hall–Kier alpha value is -1.71. The van der Waals surface area contributed by atoms with Gasteiger partial charge in [-0.1, -0.05) is 26.5 Å². The number of Topliss-reactive ketones (excluding diaryl/α,β-unsaturated/α-hetero) is 1. The lowest BCUT2D eigenvalue weighted by molar-refractivity contribution is -0.419. The first kappa shape index (κ1) is 16.7. The van der Waals surface area contributed by atoms with Gasteiger partial charge in [0.1, 0.15) is 5.78 Å². The predicted octanol–water partition coefficient (Wildman–Crippen LogP) is 3.28. The summed E-state index contributed by atoms with van der Waals surface area (Å²) in [6.07, 6.45) is 4.36. The van der Waals surface area contributed by atoms with Gasteiger partial charge in [-0.3, -0.25) is 14.9 Å². The molecule has 0 saturated heterocycles. The second-order valence-electron chi connectivity index (χ2n) is 2.77. The Labute approximate surface area is 96.5 Å². The van der Waals surface area contributed by atoms with Crippen molar-refractivity contribution in [3.8, 4) is 0 Å². The molecule has 0 rings (SSSR count). The van der Waals surface area contributed by atoms with E-state index in [4.69, 9.17) is 0 Å². The molecule has 0 fully saturated rings. The maximum absolute atomic E-state index is 10.8. The van der Waals surface area contributed by atoms with E-state index < -0.39 is 4.92 Å². The summed E-state index contributed by atoms with van der Waals surface area (Å²) < 4.78 is 0. The molecule has 0 spiro atoms. The fourth-order valence-electron chi connectivity index (χ4n) is 0.901. The lowest BCUT2D eigenvalue weighted by Gasteiger charge is -1.96. The van der Waals surface area contributed by atoms with E-state index in [0.717, 1.165) is 0 Å². The molecule has 0 heterocycles. The number of nitro groups is 1. The van der Waals surface area contributed by atoms with E-state index in [1.165, 1.54) is 25.2 Å². The fourth-order valence-corrected chi connectivity index (χ4v) is 0.901. The molecule has 0 aromatic heterocycles. The van der Waals surface area contributed by atoms with Crippen LogP contribution in [-0.2, 0) is 4.79 Å². The van der Waals surface area contributed by atoms with Crippen LogP contribution < -0.4 is 0 Å². The van der Waals surface area contributed by atoms with E-state index in [2.05, 4.69) is 6.58 Å². The van der Waals surface area contributed by atoms with Gasteiger partial charge in [-0.2, -0.15) is 0 Å².